The monoisotopic (exact) mass is 446 g/mol. The molecule has 2 aliphatic rings. The number of aromatic nitrogens is 3. The van der Waals surface area contributed by atoms with Crippen LogP contribution < -0.4 is 10.2 Å². The molecule has 1 amide bonds. The summed E-state index contributed by atoms with van der Waals surface area (Å²) in [7, 11) is 0. The normalized spacial score (nSPS) is 18.0. The van der Waals surface area contributed by atoms with Gasteiger partial charge in [-0.15, -0.1) is 0 Å². The molecular formula is C26H34N6O. The van der Waals surface area contributed by atoms with Crippen molar-refractivity contribution in [1.29, 1.82) is 0 Å². The molecule has 33 heavy (non-hydrogen) atoms. The lowest BCUT2D eigenvalue weighted by atomic mass is 9.96. The van der Waals surface area contributed by atoms with Gasteiger partial charge in [0.25, 0.3) is 0 Å². The number of likely N-dealkylation sites (tertiary alicyclic amines) is 1. The van der Waals surface area contributed by atoms with Crippen LogP contribution in [-0.4, -0.2) is 58.1 Å². The third-order valence-corrected chi connectivity index (χ3v) is 7.06. The van der Waals surface area contributed by atoms with Crippen LogP contribution in [0.15, 0.2) is 48.8 Å². The van der Waals surface area contributed by atoms with Crippen LogP contribution >= 0.6 is 0 Å². The third-order valence-electron chi connectivity index (χ3n) is 7.06. The maximum atomic E-state index is 12.7. The molecule has 0 atom stereocenters. The van der Waals surface area contributed by atoms with Crippen LogP contribution in [0.3, 0.4) is 0 Å². The highest BCUT2D eigenvalue weighted by molar-refractivity contribution is 5.80. The molecule has 0 unspecified atom stereocenters. The fourth-order valence-corrected chi connectivity index (χ4v) is 5.13. The van der Waals surface area contributed by atoms with Gasteiger partial charge in [0.1, 0.15) is 0 Å². The van der Waals surface area contributed by atoms with Gasteiger partial charge < -0.3 is 19.7 Å². The highest BCUT2D eigenvalue weighted by Gasteiger charge is 2.27. The fourth-order valence-electron chi connectivity index (χ4n) is 5.13. The molecular weight excluding hydrogens is 412 g/mol. The highest BCUT2D eigenvalue weighted by atomic mass is 16.1. The number of imidazole rings is 1. The highest BCUT2D eigenvalue weighted by Crippen LogP contribution is 2.27. The molecule has 2 saturated heterocycles. The van der Waals surface area contributed by atoms with Crippen LogP contribution in [0.25, 0.3) is 11.0 Å². The summed E-state index contributed by atoms with van der Waals surface area (Å²) in [5.74, 6) is 1.27. The molecule has 5 rings (SSSR count). The Morgan fingerprint density at radius 2 is 1.79 bits per heavy atom. The van der Waals surface area contributed by atoms with Gasteiger partial charge in [-0.25, -0.2) is 4.98 Å². The maximum Gasteiger partial charge on any atom is 0.223 e. The molecule has 2 fully saturated rings. The number of anilines is 1. The van der Waals surface area contributed by atoms with Crippen molar-refractivity contribution < 1.29 is 4.79 Å². The Balaban J connectivity index is 1.22. The Labute approximate surface area is 195 Å². The van der Waals surface area contributed by atoms with Gasteiger partial charge in [-0.2, -0.15) is 0 Å². The van der Waals surface area contributed by atoms with Gasteiger partial charge in [0.05, 0.1) is 11.0 Å². The first-order valence-electron chi connectivity index (χ1n) is 12.4. The average Bonchev–Trinajstić information content (AvgIpc) is 3.26. The summed E-state index contributed by atoms with van der Waals surface area (Å²) in [6, 6.07) is 12.3. The predicted molar refractivity (Wildman–Crippen MR) is 131 cm³/mol. The van der Waals surface area contributed by atoms with E-state index < -0.39 is 0 Å². The van der Waals surface area contributed by atoms with Gasteiger partial charge in [0, 0.05) is 51.0 Å². The zero-order valence-corrected chi connectivity index (χ0v) is 19.3. The molecule has 0 radical (unpaired) electrons. The van der Waals surface area contributed by atoms with Gasteiger partial charge in [0.15, 0.2) is 0 Å². The second-order valence-electron chi connectivity index (χ2n) is 9.29. The number of carbonyl (C=O) groups excluding carboxylic acids is 1. The van der Waals surface area contributed by atoms with Crippen LogP contribution in [0, 0.1) is 5.92 Å². The number of fused-ring (bicyclic) bond motifs is 1. The Bertz CT molecular complexity index is 1050. The topological polar surface area (TPSA) is 66.3 Å². The molecule has 0 aliphatic carbocycles. The Morgan fingerprint density at radius 1 is 0.970 bits per heavy atom. The molecule has 2 aliphatic heterocycles. The van der Waals surface area contributed by atoms with Gasteiger partial charge in [-0.3, -0.25) is 9.78 Å². The van der Waals surface area contributed by atoms with Crippen molar-refractivity contribution in [2.75, 3.05) is 37.6 Å². The van der Waals surface area contributed by atoms with E-state index in [1.54, 1.807) is 12.4 Å². The number of piperidine rings is 2. The van der Waals surface area contributed by atoms with Gasteiger partial charge in [-0.05, 0) is 62.5 Å². The molecule has 0 spiro atoms. The van der Waals surface area contributed by atoms with Crippen molar-refractivity contribution in [2.45, 2.75) is 45.2 Å². The van der Waals surface area contributed by atoms with Gasteiger partial charge >= 0.3 is 0 Å². The van der Waals surface area contributed by atoms with Gasteiger partial charge in [-0.1, -0.05) is 24.6 Å². The number of rotatable bonds is 7. The zero-order valence-electron chi connectivity index (χ0n) is 19.3. The van der Waals surface area contributed by atoms with E-state index >= 15 is 0 Å². The number of pyridine rings is 1. The van der Waals surface area contributed by atoms with Crippen molar-refractivity contribution in [3.05, 3.63) is 54.4 Å². The minimum absolute atomic E-state index is 0.0594. The number of para-hydroxylation sites is 2. The second kappa shape index (κ2) is 10.3. The number of benzene rings is 1. The molecule has 7 nitrogen and oxygen atoms in total. The van der Waals surface area contributed by atoms with E-state index in [-0.39, 0.29) is 11.8 Å². The Kier molecular flexibility index (Phi) is 6.86. The third kappa shape index (κ3) is 5.19. The van der Waals surface area contributed by atoms with E-state index in [0.717, 1.165) is 56.0 Å². The number of hydrogen-bond donors (Lipinski definition) is 1. The predicted octanol–water partition coefficient (Wildman–Crippen LogP) is 3.45. The van der Waals surface area contributed by atoms with Crippen LogP contribution in [0.4, 0.5) is 5.95 Å². The zero-order chi connectivity index (χ0) is 22.5. The fraction of sp³-hybridized carbons (Fsp3) is 0.500. The van der Waals surface area contributed by atoms with Crippen molar-refractivity contribution in [2.24, 2.45) is 5.92 Å². The lowest BCUT2D eigenvalue weighted by molar-refractivity contribution is -0.125. The SMILES string of the molecule is O=C(NCc1cccnc1)C1CCN(c2nc3ccccc3n2CCN2CCCCC2)CC1. The maximum absolute atomic E-state index is 12.7. The first-order valence-corrected chi connectivity index (χ1v) is 12.4. The number of nitrogens with one attached hydrogen (secondary N) is 1. The van der Waals surface area contributed by atoms with E-state index in [0.29, 0.717) is 6.54 Å². The van der Waals surface area contributed by atoms with Crippen molar-refractivity contribution in [3.8, 4) is 0 Å². The Morgan fingerprint density at radius 3 is 2.58 bits per heavy atom. The van der Waals surface area contributed by atoms with Crippen LogP contribution in [0.2, 0.25) is 0 Å². The number of carbonyl (C=O) groups is 1. The molecule has 174 valence electrons. The minimum atomic E-state index is 0.0594. The van der Waals surface area contributed by atoms with E-state index in [2.05, 4.69) is 48.9 Å². The molecule has 0 saturated carbocycles. The van der Waals surface area contributed by atoms with E-state index in [4.69, 9.17) is 4.98 Å². The van der Waals surface area contributed by atoms with Crippen molar-refractivity contribution >= 4 is 22.9 Å². The molecule has 0 bridgehead atoms. The molecule has 1 N–H and O–H groups in total. The molecule has 2 aromatic heterocycles. The smallest absolute Gasteiger partial charge is 0.223 e. The number of nitrogens with zero attached hydrogens (tertiary/aromatic N) is 5. The number of hydrogen-bond acceptors (Lipinski definition) is 5. The Hall–Kier alpha value is -2.93. The van der Waals surface area contributed by atoms with Crippen LogP contribution in [0.1, 0.15) is 37.7 Å². The summed E-state index contributed by atoms with van der Waals surface area (Å²) in [6.07, 6.45) is 9.25. The minimum Gasteiger partial charge on any atom is -0.352 e. The first kappa shape index (κ1) is 21.9. The van der Waals surface area contributed by atoms with E-state index in [9.17, 15) is 4.79 Å². The summed E-state index contributed by atoms with van der Waals surface area (Å²) in [5, 5.41) is 3.09. The van der Waals surface area contributed by atoms with Gasteiger partial charge in [0.2, 0.25) is 11.9 Å². The molecule has 4 heterocycles. The summed E-state index contributed by atoms with van der Waals surface area (Å²) >= 11 is 0. The largest absolute Gasteiger partial charge is 0.352 e. The lowest BCUT2D eigenvalue weighted by Gasteiger charge is -2.33. The molecule has 7 heteroatoms. The number of amides is 1. The van der Waals surface area contributed by atoms with E-state index in [1.807, 2.05) is 12.1 Å². The quantitative estimate of drug-likeness (QED) is 0.602. The first-order chi connectivity index (χ1) is 16.3. The standard InChI is InChI=1S/C26H34N6O/c33-25(28-20-21-7-6-12-27-19-21)22-10-15-31(16-11-22)26-29-23-8-2-3-9-24(23)32(26)18-17-30-13-4-1-5-14-30/h2-3,6-9,12,19,22H,1,4-5,10-11,13-18,20H2,(H,28,33). The summed E-state index contributed by atoms with van der Waals surface area (Å²) in [4.78, 5) is 26.8. The average molecular weight is 447 g/mol. The summed E-state index contributed by atoms with van der Waals surface area (Å²) in [6.45, 7) is 6.71. The summed E-state index contributed by atoms with van der Waals surface area (Å²) in [5.41, 5.74) is 3.30. The van der Waals surface area contributed by atoms with E-state index in [1.165, 1.54) is 37.9 Å². The van der Waals surface area contributed by atoms with Crippen LogP contribution in [0.5, 0.6) is 0 Å². The van der Waals surface area contributed by atoms with Crippen molar-refractivity contribution in [3.63, 3.8) is 0 Å². The van der Waals surface area contributed by atoms with Crippen LogP contribution in [-0.2, 0) is 17.9 Å². The second-order valence-corrected chi connectivity index (χ2v) is 9.29. The summed E-state index contributed by atoms with van der Waals surface area (Å²) < 4.78 is 2.40. The molecule has 1 aromatic carbocycles. The van der Waals surface area contributed by atoms with Crippen molar-refractivity contribution in [1.82, 2.24) is 24.8 Å². The lowest BCUT2D eigenvalue weighted by Crippen LogP contribution is -2.41. The molecule has 3 aromatic rings.